The Morgan fingerprint density at radius 2 is 2.22 bits per heavy atom. The number of carbonyl (C=O) groups is 1. The molecule has 4 nitrogen and oxygen atoms in total. The molecule has 0 saturated heterocycles. The van der Waals surface area contributed by atoms with Crippen LogP contribution in [0.5, 0.6) is 5.75 Å². The maximum atomic E-state index is 12.9. The van der Waals surface area contributed by atoms with Gasteiger partial charge >= 0.3 is 0 Å². The Kier molecular flexibility index (Phi) is 5.03. The highest BCUT2D eigenvalue weighted by molar-refractivity contribution is 9.10. The van der Waals surface area contributed by atoms with Gasteiger partial charge in [-0.3, -0.25) is 4.79 Å². The Balaban J connectivity index is 2.71. The van der Waals surface area contributed by atoms with Crippen molar-refractivity contribution >= 4 is 21.8 Å². The number of rotatable bonds is 5. The molecule has 0 spiro atoms. The molecule has 1 aromatic carbocycles. The van der Waals surface area contributed by atoms with E-state index < -0.39 is 24.9 Å². The summed E-state index contributed by atoms with van der Waals surface area (Å²) < 4.78 is 31.3. The molecule has 1 amide bonds. The van der Waals surface area contributed by atoms with Crippen LogP contribution in [0.3, 0.4) is 0 Å². The zero-order chi connectivity index (χ0) is 13.8. The van der Waals surface area contributed by atoms with Crippen molar-refractivity contribution in [2.45, 2.75) is 5.92 Å². The molecular formula is C11H13BrF2N2O2. The Morgan fingerprint density at radius 1 is 1.56 bits per heavy atom. The van der Waals surface area contributed by atoms with Gasteiger partial charge in [0, 0.05) is 5.56 Å². The first-order valence-electron chi connectivity index (χ1n) is 5.09. The molecule has 100 valence electrons. The lowest BCUT2D eigenvalue weighted by molar-refractivity contribution is 0.0118. The predicted octanol–water partition coefficient (Wildman–Crippen LogP) is 1.78. The summed E-state index contributed by atoms with van der Waals surface area (Å²) in [6.07, 6.45) is 0. The summed E-state index contributed by atoms with van der Waals surface area (Å²) in [4.78, 5) is 11.6. The Labute approximate surface area is 112 Å². The molecule has 18 heavy (non-hydrogen) atoms. The van der Waals surface area contributed by atoms with E-state index in [0.29, 0.717) is 10.2 Å². The normalized spacial score (nSPS) is 11.2. The van der Waals surface area contributed by atoms with Gasteiger partial charge in [0.1, 0.15) is 5.75 Å². The van der Waals surface area contributed by atoms with Crippen LogP contribution >= 0.6 is 15.9 Å². The molecule has 7 heteroatoms. The highest BCUT2D eigenvalue weighted by Gasteiger charge is 2.27. The summed E-state index contributed by atoms with van der Waals surface area (Å²) in [7, 11) is 1.49. The fraction of sp³-hybridized carbons (Fsp3) is 0.364. The van der Waals surface area contributed by atoms with Crippen molar-refractivity contribution < 1.29 is 18.3 Å². The molecule has 0 bridgehead atoms. The summed E-state index contributed by atoms with van der Waals surface area (Å²) in [6, 6.07) is 4.55. The van der Waals surface area contributed by atoms with E-state index in [9.17, 15) is 13.6 Å². The predicted molar refractivity (Wildman–Crippen MR) is 67.0 cm³/mol. The fourth-order valence-electron chi connectivity index (χ4n) is 1.19. The zero-order valence-corrected chi connectivity index (χ0v) is 11.3. The lowest BCUT2D eigenvalue weighted by Crippen LogP contribution is -2.41. The summed E-state index contributed by atoms with van der Waals surface area (Å²) in [5.74, 6) is -3.13. The van der Waals surface area contributed by atoms with Gasteiger partial charge in [0.25, 0.3) is 11.8 Å². The van der Waals surface area contributed by atoms with Gasteiger partial charge < -0.3 is 15.8 Å². The number of nitrogens with two attached hydrogens (primary N) is 1. The zero-order valence-electron chi connectivity index (χ0n) is 9.67. The number of nitrogens with one attached hydrogen (secondary N) is 1. The number of carbonyl (C=O) groups excluding carboxylic acids is 1. The molecule has 0 saturated carbocycles. The largest absolute Gasteiger partial charge is 0.496 e. The van der Waals surface area contributed by atoms with Gasteiger partial charge in [0.2, 0.25) is 0 Å². The monoisotopic (exact) mass is 322 g/mol. The molecule has 0 radical (unpaired) electrons. The Morgan fingerprint density at radius 3 is 2.72 bits per heavy atom. The molecule has 1 rings (SSSR count). The lowest BCUT2D eigenvalue weighted by atomic mass is 10.2. The second-order valence-electron chi connectivity index (χ2n) is 3.59. The van der Waals surface area contributed by atoms with Crippen molar-refractivity contribution in [3.05, 3.63) is 28.2 Å². The van der Waals surface area contributed by atoms with Crippen LogP contribution in [-0.4, -0.2) is 32.0 Å². The van der Waals surface area contributed by atoms with E-state index in [1.54, 1.807) is 6.07 Å². The minimum absolute atomic E-state index is 0.260. The second-order valence-corrected chi connectivity index (χ2v) is 4.45. The van der Waals surface area contributed by atoms with E-state index in [-0.39, 0.29) is 5.56 Å². The van der Waals surface area contributed by atoms with Gasteiger partial charge in [0.15, 0.2) is 0 Å². The molecule has 0 aromatic heterocycles. The van der Waals surface area contributed by atoms with E-state index >= 15 is 0 Å². The molecule has 0 aliphatic heterocycles. The van der Waals surface area contributed by atoms with Gasteiger partial charge in [0.05, 0.1) is 24.7 Å². The first-order chi connectivity index (χ1) is 8.39. The van der Waals surface area contributed by atoms with Gasteiger partial charge in [-0.1, -0.05) is 0 Å². The van der Waals surface area contributed by atoms with Crippen LogP contribution in [0.2, 0.25) is 0 Å². The maximum Gasteiger partial charge on any atom is 0.277 e. The average molecular weight is 323 g/mol. The SMILES string of the molecule is COc1ccc(C(=O)NCC(F)(F)CN)cc1Br. The number of benzene rings is 1. The third kappa shape index (κ3) is 3.92. The maximum absolute atomic E-state index is 12.9. The van der Waals surface area contributed by atoms with E-state index in [0.717, 1.165) is 0 Å². The molecule has 3 N–H and O–H groups in total. The average Bonchev–Trinajstić information content (AvgIpc) is 2.36. The molecule has 0 fully saturated rings. The molecule has 0 atom stereocenters. The van der Waals surface area contributed by atoms with E-state index in [1.807, 2.05) is 0 Å². The first kappa shape index (κ1) is 14.8. The van der Waals surface area contributed by atoms with Crippen molar-refractivity contribution in [2.24, 2.45) is 5.73 Å². The molecule has 0 heterocycles. The van der Waals surface area contributed by atoms with Gasteiger partial charge in [-0.05, 0) is 34.1 Å². The van der Waals surface area contributed by atoms with Crippen LogP contribution in [0, 0.1) is 0 Å². The van der Waals surface area contributed by atoms with E-state index in [1.165, 1.54) is 19.2 Å². The second kappa shape index (κ2) is 6.10. The summed E-state index contributed by atoms with van der Waals surface area (Å²) in [5, 5.41) is 2.12. The lowest BCUT2D eigenvalue weighted by Gasteiger charge is -2.14. The number of alkyl halides is 2. The molecule has 0 unspecified atom stereocenters. The Hall–Kier alpha value is -1.21. The minimum atomic E-state index is -3.10. The standard InChI is InChI=1S/C11H13BrF2N2O2/c1-18-9-3-2-7(4-8(9)12)10(17)16-6-11(13,14)5-15/h2-4H,5-6,15H2,1H3,(H,16,17). The topological polar surface area (TPSA) is 64.3 Å². The number of hydrogen-bond donors (Lipinski definition) is 2. The highest BCUT2D eigenvalue weighted by atomic mass is 79.9. The summed E-state index contributed by atoms with van der Waals surface area (Å²) >= 11 is 3.21. The van der Waals surface area contributed by atoms with Crippen LogP contribution in [0.4, 0.5) is 8.78 Å². The summed E-state index contributed by atoms with van der Waals surface area (Å²) in [5.41, 5.74) is 5.13. The van der Waals surface area contributed by atoms with Crippen molar-refractivity contribution in [1.82, 2.24) is 5.32 Å². The van der Waals surface area contributed by atoms with E-state index in [4.69, 9.17) is 10.5 Å². The first-order valence-corrected chi connectivity index (χ1v) is 5.88. The number of amides is 1. The van der Waals surface area contributed by atoms with Gasteiger partial charge in [-0.25, -0.2) is 8.78 Å². The van der Waals surface area contributed by atoms with Crippen molar-refractivity contribution in [2.75, 3.05) is 20.2 Å². The molecule has 0 aliphatic rings. The number of halogens is 3. The number of hydrogen-bond acceptors (Lipinski definition) is 3. The molecule has 1 aromatic rings. The number of methoxy groups -OCH3 is 1. The third-order valence-electron chi connectivity index (χ3n) is 2.22. The highest BCUT2D eigenvalue weighted by Crippen LogP contribution is 2.25. The van der Waals surface area contributed by atoms with Crippen molar-refractivity contribution in [3.63, 3.8) is 0 Å². The van der Waals surface area contributed by atoms with Crippen LogP contribution in [0.1, 0.15) is 10.4 Å². The summed E-state index contributed by atoms with van der Waals surface area (Å²) in [6.45, 7) is -1.59. The number of ether oxygens (including phenoxy) is 1. The quantitative estimate of drug-likeness (QED) is 0.868. The molecular weight excluding hydrogens is 310 g/mol. The van der Waals surface area contributed by atoms with Crippen LogP contribution in [0.25, 0.3) is 0 Å². The third-order valence-corrected chi connectivity index (χ3v) is 2.84. The van der Waals surface area contributed by atoms with Crippen LogP contribution in [-0.2, 0) is 0 Å². The van der Waals surface area contributed by atoms with Gasteiger partial charge in [-0.15, -0.1) is 0 Å². The van der Waals surface area contributed by atoms with Crippen LogP contribution in [0.15, 0.2) is 22.7 Å². The van der Waals surface area contributed by atoms with E-state index in [2.05, 4.69) is 21.2 Å². The Bertz CT molecular complexity index is 441. The minimum Gasteiger partial charge on any atom is -0.496 e. The van der Waals surface area contributed by atoms with Crippen molar-refractivity contribution in [3.8, 4) is 5.75 Å². The van der Waals surface area contributed by atoms with Crippen molar-refractivity contribution in [1.29, 1.82) is 0 Å². The molecule has 0 aliphatic carbocycles. The van der Waals surface area contributed by atoms with Crippen LogP contribution < -0.4 is 15.8 Å². The fourth-order valence-corrected chi connectivity index (χ4v) is 1.73. The van der Waals surface area contributed by atoms with Gasteiger partial charge in [-0.2, -0.15) is 0 Å². The smallest absolute Gasteiger partial charge is 0.277 e.